The summed E-state index contributed by atoms with van der Waals surface area (Å²) in [4.78, 5) is 11.4. The molecule has 0 heterocycles. The van der Waals surface area contributed by atoms with Gasteiger partial charge in [-0.1, -0.05) is 31.4 Å². The molecule has 0 radical (unpaired) electrons. The molecule has 0 spiro atoms. The van der Waals surface area contributed by atoms with Gasteiger partial charge in [0.1, 0.15) is 5.76 Å². The van der Waals surface area contributed by atoms with Crippen molar-refractivity contribution in [3.63, 3.8) is 0 Å². The van der Waals surface area contributed by atoms with Gasteiger partial charge in [0.25, 0.3) is 0 Å². The lowest BCUT2D eigenvalue weighted by atomic mass is 10.2. The van der Waals surface area contributed by atoms with Gasteiger partial charge in [0.15, 0.2) is 0 Å². The Morgan fingerprint density at radius 3 is 2.29 bits per heavy atom. The van der Waals surface area contributed by atoms with Crippen LogP contribution in [0.25, 0.3) is 0 Å². The van der Waals surface area contributed by atoms with E-state index in [1.165, 1.54) is 0 Å². The van der Waals surface area contributed by atoms with E-state index in [9.17, 15) is 4.79 Å². The Balaban J connectivity index is 2.69. The number of carbonyl (C=O) groups is 1. The Kier molecular flexibility index (Phi) is 3.24. The number of carbonyl (C=O) groups excluding carboxylic acids is 1. The molecule has 1 aromatic rings. The molecule has 0 bridgehead atoms. The van der Waals surface area contributed by atoms with Gasteiger partial charge in [0.2, 0.25) is 0 Å². The van der Waals surface area contributed by atoms with E-state index >= 15 is 0 Å². The molecule has 2 heteroatoms. The zero-order chi connectivity index (χ0) is 10.6. The van der Waals surface area contributed by atoms with Crippen molar-refractivity contribution >= 4 is 5.97 Å². The van der Waals surface area contributed by atoms with Gasteiger partial charge in [-0.25, -0.2) is 4.79 Å². The van der Waals surface area contributed by atoms with Gasteiger partial charge in [0, 0.05) is 0 Å². The largest absolute Gasteiger partial charge is 0.423 e. The maximum atomic E-state index is 11.4. The maximum Gasteiger partial charge on any atom is 0.343 e. The molecular weight excluding hydrogens is 176 g/mol. The Labute approximate surface area is 83.5 Å². The maximum absolute atomic E-state index is 11.4. The van der Waals surface area contributed by atoms with Crippen LogP contribution in [-0.2, 0) is 4.74 Å². The first-order valence-electron chi connectivity index (χ1n) is 4.23. The van der Waals surface area contributed by atoms with Crippen LogP contribution >= 0.6 is 0 Å². The van der Waals surface area contributed by atoms with E-state index in [1.54, 1.807) is 31.2 Å². The first kappa shape index (κ1) is 10.3. The molecule has 2 nitrogen and oxygen atoms in total. The highest BCUT2D eigenvalue weighted by Gasteiger charge is 2.07. The van der Waals surface area contributed by atoms with Gasteiger partial charge >= 0.3 is 5.97 Å². The number of esters is 1. The highest BCUT2D eigenvalue weighted by atomic mass is 16.5. The number of ether oxygens (including phenoxy) is 1. The average molecular weight is 188 g/mol. The van der Waals surface area contributed by atoms with Crippen molar-refractivity contribution in [3.05, 3.63) is 60.4 Å². The smallest absolute Gasteiger partial charge is 0.343 e. The minimum Gasteiger partial charge on any atom is -0.423 e. The zero-order valence-corrected chi connectivity index (χ0v) is 8.12. The standard InChI is InChI=1S/C12H12O2/c1-9(2)10(3)14-12(13)11-7-5-4-6-8-11/h4-8H,1,3H2,2H3. The fourth-order valence-electron chi connectivity index (χ4n) is 0.832. The Bertz CT molecular complexity index is 363. The minimum absolute atomic E-state index is 0.304. The van der Waals surface area contributed by atoms with Crippen LogP contribution in [0.5, 0.6) is 0 Å². The van der Waals surface area contributed by atoms with Crippen LogP contribution in [0.3, 0.4) is 0 Å². The van der Waals surface area contributed by atoms with E-state index in [1.807, 2.05) is 6.07 Å². The number of allylic oxidation sites excluding steroid dienone is 1. The summed E-state index contributed by atoms with van der Waals surface area (Å²) in [5, 5.41) is 0. The summed E-state index contributed by atoms with van der Waals surface area (Å²) >= 11 is 0. The Morgan fingerprint density at radius 1 is 1.21 bits per heavy atom. The number of rotatable bonds is 3. The minimum atomic E-state index is -0.404. The van der Waals surface area contributed by atoms with Gasteiger partial charge < -0.3 is 4.74 Å². The third kappa shape index (κ3) is 2.59. The fourth-order valence-corrected chi connectivity index (χ4v) is 0.832. The summed E-state index contributed by atoms with van der Waals surface area (Å²) in [5.41, 5.74) is 1.16. The molecule has 0 unspecified atom stereocenters. The molecule has 72 valence electrons. The molecule has 0 aliphatic carbocycles. The van der Waals surface area contributed by atoms with E-state index in [4.69, 9.17) is 4.74 Å². The predicted molar refractivity (Wildman–Crippen MR) is 55.8 cm³/mol. The summed E-state index contributed by atoms with van der Waals surface area (Å²) in [6.07, 6.45) is 0. The van der Waals surface area contributed by atoms with Crippen LogP contribution < -0.4 is 0 Å². The third-order valence-electron chi connectivity index (χ3n) is 1.70. The van der Waals surface area contributed by atoms with E-state index in [-0.39, 0.29) is 0 Å². The second-order valence-corrected chi connectivity index (χ2v) is 2.96. The third-order valence-corrected chi connectivity index (χ3v) is 1.70. The Hall–Kier alpha value is -1.83. The van der Waals surface area contributed by atoms with Crippen LogP contribution in [0, 0.1) is 0 Å². The normalized spacial score (nSPS) is 9.21. The monoisotopic (exact) mass is 188 g/mol. The van der Waals surface area contributed by atoms with Gasteiger partial charge in [-0.05, 0) is 24.6 Å². The SMILES string of the molecule is C=C(C)C(=C)OC(=O)c1ccccc1. The highest BCUT2D eigenvalue weighted by molar-refractivity contribution is 5.90. The summed E-state index contributed by atoms with van der Waals surface area (Å²) in [6.45, 7) is 8.94. The van der Waals surface area contributed by atoms with Crippen LogP contribution in [0.15, 0.2) is 54.8 Å². The van der Waals surface area contributed by atoms with Crippen molar-refractivity contribution in [2.45, 2.75) is 6.92 Å². The van der Waals surface area contributed by atoms with Gasteiger partial charge in [0.05, 0.1) is 5.56 Å². The molecule has 0 aliphatic heterocycles. The summed E-state index contributed by atoms with van der Waals surface area (Å²) < 4.78 is 4.96. The van der Waals surface area contributed by atoms with Gasteiger partial charge in [-0.3, -0.25) is 0 Å². The van der Waals surface area contributed by atoms with Crippen LogP contribution in [-0.4, -0.2) is 5.97 Å². The molecule has 0 aliphatic rings. The number of benzene rings is 1. The molecule has 0 amide bonds. The number of hydrogen-bond acceptors (Lipinski definition) is 2. The molecule has 1 rings (SSSR count). The average Bonchev–Trinajstić information content (AvgIpc) is 2.19. The van der Waals surface area contributed by atoms with Crippen molar-refractivity contribution in [1.29, 1.82) is 0 Å². The van der Waals surface area contributed by atoms with Crippen LogP contribution in [0.2, 0.25) is 0 Å². The van der Waals surface area contributed by atoms with Crippen LogP contribution in [0.1, 0.15) is 17.3 Å². The predicted octanol–water partition coefficient (Wildman–Crippen LogP) is 2.93. The van der Waals surface area contributed by atoms with E-state index < -0.39 is 5.97 Å². The zero-order valence-electron chi connectivity index (χ0n) is 8.12. The molecule has 1 aromatic carbocycles. The van der Waals surface area contributed by atoms with E-state index in [0.717, 1.165) is 0 Å². The molecule has 0 fully saturated rings. The fraction of sp³-hybridized carbons (Fsp3) is 0.0833. The lowest BCUT2D eigenvalue weighted by molar-refractivity contribution is 0.0634. The molecular formula is C12H12O2. The molecule has 14 heavy (non-hydrogen) atoms. The van der Waals surface area contributed by atoms with E-state index in [0.29, 0.717) is 16.9 Å². The summed E-state index contributed by atoms with van der Waals surface area (Å²) in [7, 11) is 0. The molecule has 0 saturated heterocycles. The van der Waals surface area contributed by atoms with Crippen molar-refractivity contribution in [3.8, 4) is 0 Å². The molecule has 0 saturated carbocycles. The van der Waals surface area contributed by atoms with Gasteiger partial charge in [-0.15, -0.1) is 0 Å². The quantitative estimate of drug-likeness (QED) is 0.414. The highest BCUT2D eigenvalue weighted by Crippen LogP contribution is 2.09. The molecule has 0 atom stereocenters. The summed E-state index contributed by atoms with van der Waals surface area (Å²) in [6, 6.07) is 8.77. The van der Waals surface area contributed by atoms with Crippen molar-refractivity contribution in [2.75, 3.05) is 0 Å². The molecule has 0 N–H and O–H groups in total. The molecule has 0 aromatic heterocycles. The van der Waals surface area contributed by atoms with Crippen LogP contribution in [0.4, 0.5) is 0 Å². The number of hydrogen-bond donors (Lipinski definition) is 0. The van der Waals surface area contributed by atoms with Crippen molar-refractivity contribution in [2.24, 2.45) is 0 Å². The van der Waals surface area contributed by atoms with Gasteiger partial charge in [-0.2, -0.15) is 0 Å². The van der Waals surface area contributed by atoms with Crippen molar-refractivity contribution < 1.29 is 9.53 Å². The first-order valence-corrected chi connectivity index (χ1v) is 4.23. The lowest BCUT2D eigenvalue weighted by Gasteiger charge is -2.05. The second kappa shape index (κ2) is 4.42. The van der Waals surface area contributed by atoms with E-state index in [2.05, 4.69) is 13.2 Å². The summed E-state index contributed by atoms with van der Waals surface area (Å²) in [5.74, 6) is -0.0996. The first-order chi connectivity index (χ1) is 6.61. The topological polar surface area (TPSA) is 26.3 Å². The van der Waals surface area contributed by atoms with Crippen molar-refractivity contribution in [1.82, 2.24) is 0 Å². The Morgan fingerprint density at radius 2 is 1.79 bits per heavy atom. The lowest BCUT2D eigenvalue weighted by Crippen LogP contribution is -2.04. The second-order valence-electron chi connectivity index (χ2n) is 2.96.